The van der Waals surface area contributed by atoms with E-state index in [0.717, 1.165) is 17.0 Å². The lowest BCUT2D eigenvalue weighted by Gasteiger charge is -2.00. The van der Waals surface area contributed by atoms with Crippen molar-refractivity contribution < 1.29 is 0 Å². The van der Waals surface area contributed by atoms with Gasteiger partial charge in [-0.1, -0.05) is 24.3 Å². The molecule has 2 N–H and O–H groups in total. The number of rotatable bonds is 4. The Labute approximate surface area is 87.5 Å². The molecular formula is C11H12N2S. The predicted molar refractivity (Wildman–Crippen MR) is 64.6 cm³/mol. The first-order chi connectivity index (χ1) is 6.92. The molecule has 0 spiro atoms. The van der Waals surface area contributed by atoms with Gasteiger partial charge in [0.05, 0.1) is 5.69 Å². The van der Waals surface area contributed by atoms with E-state index in [9.17, 15) is 0 Å². The Morgan fingerprint density at radius 3 is 3.14 bits per heavy atom. The van der Waals surface area contributed by atoms with Gasteiger partial charge in [0, 0.05) is 22.9 Å². The summed E-state index contributed by atoms with van der Waals surface area (Å²) >= 11 is 1.64. The first-order valence-corrected chi connectivity index (χ1v) is 5.45. The summed E-state index contributed by atoms with van der Waals surface area (Å²) in [6, 6.07) is 8.24. The van der Waals surface area contributed by atoms with Crippen molar-refractivity contribution >= 4 is 28.5 Å². The van der Waals surface area contributed by atoms with Crippen LogP contribution in [0.5, 0.6) is 0 Å². The number of anilines is 1. The van der Waals surface area contributed by atoms with Crippen molar-refractivity contribution in [3.8, 4) is 0 Å². The Morgan fingerprint density at radius 1 is 1.43 bits per heavy atom. The molecule has 0 saturated heterocycles. The van der Waals surface area contributed by atoms with Crippen LogP contribution < -0.4 is 4.72 Å². The van der Waals surface area contributed by atoms with Gasteiger partial charge in [-0.25, -0.2) is 0 Å². The molecule has 0 aliphatic rings. The number of H-pyrrole nitrogens is 1. The molecule has 14 heavy (non-hydrogen) atoms. The molecular weight excluding hydrogens is 192 g/mol. The summed E-state index contributed by atoms with van der Waals surface area (Å²) in [6.45, 7) is 3.67. The lowest BCUT2D eigenvalue weighted by molar-refractivity contribution is 1.48. The third-order valence-electron chi connectivity index (χ3n) is 1.97. The van der Waals surface area contributed by atoms with Gasteiger partial charge in [-0.05, 0) is 18.0 Å². The summed E-state index contributed by atoms with van der Waals surface area (Å²) < 4.78 is 3.28. The van der Waals surface area contributed by atoms with Crippen molar-refractivity contribution in [3.05, 3.63) is 43.1 Å². The van der Waals surface area contributed by atoms with E-state index in [4.69, 9.17) is 0 Å². The van der Waals surface area contributed by atoms with E-state index >= 15 is 0 Å². The number of nitrogens with one attached hydrogen (secondary N) is 2. The number of hydrogen-bond donors (Lipinski definition) is 2. The third-order valence-corrected chi connectivity index (χ3v) is 2.74. The number of aromatic amines is 1. The van der Waals surface area contributed by atoms with E-state index in [1.165, 1.54) is 5.39 Å². The van der Waals surface area contributed by atoms with Crippen LogP contribution in [0, 0.1) is 0 Å². The van der Waals surface area contributed by atoms with Gasteiger partial charge in [0.25, 0.3) is 0 Å². The molecule has 72 valence electrons. The van der Waals surface area contributed by atoms with Gasteiger partial charge in [0.2, 0.25) is 0 Å². The molecule has 0 fully saturated rings. The number of fused-ring (bicyclic) bond motifs is 1. The Hall–Kier alpha value is -1.35. The summed E-state index contributed by atoms with van der Waals surface area (Å²) in [5.41, 5.74) is 2.29. The summed E-state index contributed by atoms with van der Waals surface area (Å²) in [6.07, 6.45) is 3.87. The summed E-state index contributed by atoms with van der Waals surface area (Å²) in [4.78, 5) is 3.21. The predicted octanol–water partition coefficient (Wildman–Crippen LogP) is 3.41. The maximum absolute atomic E-state index is 3.67. The summed E-state index contributed by atoms with van der Waals surface area (Å²) in [5.74, 6) is 0.902. The fourth-order valence-electron chi connectivity index (χ4n) is 1.33. The lowest BCUT2D eigenvalue weighted by Crippen LogP contribution is -1.85. The highest BCUT2D eigenvalue weighted by Gasteiger charge is 2.00. The van der Waals surface area contributed by atoms with E-state index in [-0.39, 0.29) is 0 Å². The van der Waals surface area contributed by atoms with Crippen LogP contribution in [0.2, 0.25) is 0 Å². The van der Waals surface area contributed by atoms with Crippen LogP contribution in [0.15, 0.2) is 43.1 Å². The second kappa shape index (κ2) is 4.24. The molecule has 2 aromatic rings. The van der Waals surface area contributed by atoms with Crippen LogP contribution in [-0.4, -0.2) is 10.7 Å². The highest BCUT2D eigenvalue weighted by Crippen LogP contribution is 2.24. The zero-order valence-corrected chi connectivity index (χ0v) is 8.60. The highest BCUT2D eigenvalue weighted by atomic mass is 32.2. The topological polar surface area (TPSA) is 27.8 Å². The SMILES string of the molecule is C=CCSNc1c[nH]c2ccccc12. The number of aromatic nitrogens is 1. The number of para-hydroxylation sites is 1. The van der Waals surface area contributed by atoms with Crippen molar-refractivity contribution in [3.63, 3.8) is 0 Å². The molecule has 0 unspecified atom stereocenters. The second-order valence-electron chi connectivity index (χ2n) is 2.95. The van der Waals surface area contributed by atoms with Crippen LogP contribution in [0.4, 0.5) is 5.69 Å². The first kappa shape index (κ1) is 9.21. The molecule has 0 aliphatic carbocycles. The molecule has 1 heterocycles. The minimum absolute atomic E-state index is 0.902. The van der Waals surface area contributed by atoms with Gasteiger partial charge in [0.15, 0.2) is 0 Å². The van der Waals surface area contributed by atoms with Gasteiger partial charge in [0.1, 0.15) is 0 Å². The number of benzene rings is 1. The molecule has 0 radical (unpaired) electrons. The van der Waals surface area contributed by atoms with Gasteiger partial charge in [-0.3, -0.25) is 0 Å². The Kier molecular flexibility index (Phi) is 2.79. The quantitative estimate of drug-likeness (QED) is 0.454. The molecule has 0 saturated carbocycles. The number of hydrogen-bond acceptors (Lipinski definition) is 2. The smallest absolute Gasteiger partial charge is 0.0697 e. The third kappa shape index (κ3) is 1.77. The Balaban J connectivity index is 2.20. The summed E-state index contributed by atoms with van der Waals surface area (Å²) in [5, 5.41) is 1.23. The minimum atomic E-state index is 0.902. The molecule has 0 atom stereocenters. The molecule has 0 aliphatic heterocycles. The zero-order chi connectivity index (χ0) is 9.80. The van der Waals surface area contributed by atoms with E-state index < -0.39 is 0 Å². The Morgan fingerprint density at radius 2 is 2.29 bits per heavy atom. The van der Waals surface area contributed by atoms with E-state index in [0.29, 0.717) is 0 Å². The van der Waals surface area contributed by atoms with Crippen LogP contribution in [0.3, 0.4) is 0 Å². The van der Waals surface area contributed by atoms with Crippen molar-refractivity contribution in [2.24, 2.45) is 0 Å². The van der Waals surface area contributed by atoms with Gasteiger partial charge in [-0.15, -0.1) is 6.58 Å². The van der Waals surface area contributed by atoms with Crippen molar-refractivity contribution in [1.29, 1.82) is 0 Å². The zero-order valence-electron chi connectivity index (χ0n) is 7.79. The molecule has 1 aromatic heterocycles. The fraction of sp³-hybridized carbons (Fsp3) is 0.0909. The maximum Gasteiger partial charge on any atom is 0.0697 e. The van der Waals surface area contributed by atoms with Crippen molar-refractivity contribution in [2.45, 2.75) is 0 Å². The molecule has 0 bridgehead atoms. The first-order valence-electron chi connectivity index (χ1n) is 4.46. The standard InChI is InChI=1S/C11H12N2S/c1-2-7-14-13-11-8-12-10-6-4-3-5-9(10)11/h2-6,8,12-13H,1,7H2. The van der Waals surface area contributed by atoms with E-state index in [1.54, 1.807) is 11.9 Å². The van der Waals surface area contributed by atoms with Gasteiger partial charge in [-0.2, -0.15) is 0 Å². The monoisotopic (exact) mass is 204 g/mol. The van der Waals surface area contributed by atoms with Crippen LogP contribution in [0.1, 0.15) is 0 Å². The van der Waals surface area contributed by atoms with Crippen LogP contribution >= 0.6 is 11.9 Å². The average Bonchev–Trinajstić information content (AvgIpc) is 2.63. The lowest BCUT2D eigenvalue weighted by atomic mass is 10.2. The van der Waals surface area contributed by atoms with E-state index in [2.05, 4.69) is 28.4 Å². The fourth-order valence-corrected chi connectivity index (χ4v) is 1.86. The summed E-state index contributed by atoms with van der Waals surface area (Å²) in [7, 11) is 0. The highest BCUT2D eigenvalue weighted by molar-refractivity contribution is 8.00. The van der Waals surface area contributed by atoms with Crippen LogP contribution in [0.25, 0.3) is 10.9 Å². The molecule has 0 amide bonds. The van der Waals surface area contributed by atoms with Crippen molar-refractivity contribution in [1.82, 2.24) is 4.98 Å². The van der Waals surface area contributed by atoms with Gasteiger partial charge >= 0.3 is 0 Å². The average molecular weight is 204 g/mol. The maximum atomic E-state index is 3.67. The molecule has 2 nitrogen and oxygen atoms in total. The second-order valence-corrected chi connectivity index (χ2v) is 3.78. The van der Waals surface area contributed by atoms with Crippen molar-refractivity contribution in [2.75, 3.05) is 10.5 Å². The largest absolute Gasteiger partial charge is 0.359 e. The Bertz CT molecular complexity index is 434. The molecule has 3 heteroatoms. The molecule has 2 rings (SSSR count). The normalized spacial score (nSPS) is 10.3. The van der Waals surface area contributed by atoms with E-state index in [1.807, 2.05) is 24.4 Å². The molecule has 1 aromatic carbocycles. The van der Waals surface area contributed by atoms with Gasteiger partial charge < -0.3 is 9.71 Å². The van der Waals surface area contributed by atoms with Crippen LogP contribution in [-0.2, 0) is 0 Å². The minimum Gasteiger partial charge on any atom is -0.359 e.